The largest absolute Gasteiger partial charge is 0.388 e. The fourth-order valence-corrected chi connectivity index (χ4v) is 2.73. The molecule has 1 nitrogen and oxygen atoms in total. The van der Waals surface area contributed by atoms with E-state index < -0.39 is 6.10 Å². The van der Waals surface area contributed by atoms with E-state index in [1.54, 1.807) is 0 Å². The molecule has 2 aromatic rings. The zero-order valence-electron chi connectivity index (χ0n) is 9.11. The van der Waals surface area contributed by atoms with Crippen molar-refractivity contribution in [3.05, 3.63) is 67.7 Å². The third-order valence-corrected chi connectivity index (χ3v) is 3.72. The van der Waals surface area contributed by atoms with Crippen LogP contribution in [0.3, 0.4) is 0 Å². The first-order valence-electron chi connectivity index (χ1n) is 5.33. The highest BCUT2D eigenvalue weighted by Crippen LogP contribution is 2.21. The van der Waals surface area contributed by atoms with E-state index >= 15 is 0 Å². The second-order valence-electron chi connectivity index (χ2n) is 3.90. The lowest BCUT2D eigenvalue weighted by Crippen LogP contribution is -2.01. The van der Waals surface area contributed by atoms with Gasteiger partial charge in [-0.15, -0.1) is 0 Å². The van der Waals surface area contributed by atoms with E-state index in [1.807, 2.05) is 48.5 Å². The predicted octanol–water partition coefficient (Wildman–Crippen LogP) is 4.33. The number of hydrogen-bond donors (Lipinski definition) is 1. The maximum atomic E-state index is 10.2. The molecule has 88 valence electrons. The van der Waals surface area contributed by atoms with Crippen molar-refractivity contribution >= 4 is 38.5 Å². The molecule has 2 rings (SSSR count). The molecule has 0 aromatic heterocycles. The zero-order valence-corrected chi connectivity index (χ0v) is 12.8. The van der Waals surface area contributed by atoms with Crippen molar-refractivity contribution in [3.8, 4) is 0 Å². The summed E-state index contributed by atoms with van der Waals surface area (Å²) < 4.78 is 2.19. The molecule has 0 fully saturated rings. The molecule has 0 aliphatic rings. The topological polar surface area (TPSA) is 20.2 Å². The highest BCUT2D eigenvalue weighted by molar-refractivity contribution is 14.1. The van der Waals surface area contributed by atoms with Crippen molar-refractivity contribution in [2.75, 3.05) is 0 Å². The van der Waals surface area contributed by atoms with Gasteiger partial charge in [0.25, 0.3) is 0 Å². The zero-order chi connectivity index (χ0) is 12.3. The van der Waals surface area contributed by atoms with E-state index in [-0.39, 0.29) is 0 Å². The third-order valence-electron chi connectivity index (χ3n) is 2.55. The average Bonchev–Trinajstić information content (AvgIpc) is 2.29. The fourth-order valence-electron chi connectivity index (χ4n) is 1.72. The van der Waals surface area contributed by atoms with Crippen LogP contribution in [0.4, 0.5) is 0 Å². The standard InChI is InChI=1S/C14H12BrIO/c15-12-5-1-3-10(7-12)8-14(17)11-4-2-6-13(16)9-11/h1-7,9,14,17H,8H2. The van der Waals surface area contributed by atoms with Gasteiger partial charge >= 0.3 is 0 Å². The van der Waals surface area contributed by atoms with E-state index in [0.717, 1.165) is 19.2 Å². The van der Waals surface area contributed by atoms with Crippen molar-refractivity contribution in [3.63, 3.8) is 0 Å². The van der Waals surface area contributed by atoms with Gasteiger partial charge in [0, 0.05) is 14.5 Å². The van der Waals surface area contributed by atoms with Crippen LogP contribution < -0.4 is 0 Å². The minimum absolute atomic E-state index is 0.445. The number of aliphatic hydroxyl groups excluding tert-OH is 1. The monoisotopic (exact) mass is 402 g/mol. The summed E-state index contributed by atoms with van der Waals surface area (Å²) >= 11 is 5.69. The summed E-state index contributed by atoms with van der Waals surface area (Å²) in [5, 5.41) is 10.2. The molecule has 0 saturated heterocycles. The Hall–Kier alpha value is -0.390. The molecule has 1 unspecified atom stereocenters. The van der Waals surface area contributed by atoms with Crippen molar-refractivity contribution in [1.29, 1.82) is 0 Å². The number of rotatable bonds is 3. The predicted molar refractivity (Wildman–Crippen MR) is 82.0 cm³/mol. The quantitative estimate of drug-likeness (QED) is 0.757. The molecular formula is C14H12BrIO. The van der Waals surface area contributed by atoms with Gasteiger partial charge in [-0.25, -0.2) is 0 Å². The molecule has 1 atom stereocenters. The summed E-state index contributed by atoms with van der Waals surface area (Å²) in [6.45, 7) is 0. The number of aliphatic hydroxyl groups is 1. The summed E-state index contributed by atoms with van der Waals surface area (Å²) in [6.07, 6.45) is 0.193. The molecule has 3 heteroatoms. The van der Waals surface area contributed by atoms with E-state index in [2.05, 4.69) is 38.5 Å². The summed E-state index contributed by atoms with van der Waals surface area (Å²) in [5.41, 5.74) is 2.10. The Morgan fingerprint density at radius 3 is 2.59 bits per heavy atom. The number of halogens is 2. The van der Waals surface area contributed by atoms with Crippen molar-refractivity contribution < 1.29 is 5.11 Å². The van der Waals surface area contributed by atoms with Gasteiger partial charge < -0.3 is 5.11 Å². The van der Waals surface area contributed by atoms with Crippen LogP contribution in [0, 0.1) is 3.57 Å². The lowest BCUT2D eigenvalue weighted by atomic mass is 10.0. The Morgan fingerprint density at radius 1 is 1.12 bits per heavy atom. The SMILES string of the molecule is OC(Cc1cccc(Br)c1)c1cccc(I)c1. The molecule has 0 heterocycles. The second-order valence-corrected chi connectivity index (χ2v) is 6.07. The van der Waals surface area contributed by atoms with Crippen LogP contribution in [0.25, 0.3) is 0 Å². The first-order chi connectivity index (χ1) is 8.15. The van der Waals surface area contributed by atoms with E-state index in [9.17, 15) is 5.11 Å². The molecule has 0 bridgehead atoms. The van der Waals surface area contributed by atoms with Crippen molar-refractivity contribution in [2.45, 2.75) is 12.5 Å². The van der Waals surface area contributed by atoms with Crippen LogP contribution in [0.1, 0.15) is 17.2 Å². The molecule has 0 aliphatic carbocycles. The van der Waals surface area contributed by atoms with Crippen LogP contribution in [-0.2, 0) is 6.42 Å². The lowest BCUT2D eigenvalue weighted by molar-refractivity contribution is 0.178. The van der Waals surface area contributed by atoms with Gasteiger partial charge in [-0.05, 0) is 58.0 Å². The van der Waals surface area contributed by atoms with Gasteiger partial charge in [0.15, 0.2) is 0 Å². The van der Waals surface area contributed by atoms with Gasteiger partial charge in [0.1, 0.15) is 0 Å². The van der Waals surface area contributed by atoms with Gasteiger partial charge in [0.2, 0.25) is 0 Å². The maximum absolute atomic E-state index is 10.2. The van der Waals surface area contributed by atoms with Crippen molar-refractivity contribution in [2.24, 2.45) is 0 Å². The number of hydrogen-bond acceptors (Lipinski definition) is 1. The Morgan fingerprint density at radius 2 is 1.88 bits per heavy atom. The normalized spacial score (nSPS) is 12.4. The molecular weight excluding hydrogens is 391 g/mol. The van der Waals surface area contributed by atoms with Gasteiger partial charge in [-0.1, -0.05) is 40.2 Å². The van der Waals surface area contributed by atoms with E-state index in [1.165, 1.54) is 0 Å². The van der Waals surface area contributed by atoms with Crippen LogP contribution >= 0.6 is 38.5 Å². The molecule has 0 spiro atoms. The summed E-state index contributed by atoms with van der Waals surface area (Å²) in [6, 6.07) is 16.0. The maximum Gasteiger partial charge on any atom is 0.0830 e. The third kappa shape index (κ3) is 3.79. The van der Waals surface area contributed by atoms with Crippen LogP contribution in [0.2, 0.25) is 0 Å². The van der Waals surface area contributed by atoms with Crippen LogP contribution in [-0.4, -0.2) is 5.11 Å². The molecule has 0 saturated carbocycles. The highest BCUT2D eigenvalue weighted by Gasteiger charge is 2.08. The minimum Gasteiger partial charge on any atom is -0.388 e. The summed E-state index contributed by atoms with van der Waals surface area (Å²) in [7, 11) is 0. The van der Waals surface area contributed by atoms with E-state index in [4.69, 9.17) is 0 Å². The van der Waals surface area contributed by atoms with E-state index in [0.29, 0.717) is 6.42 Å². The van der Waals surface area contributed by atoms with Crippen LogP contribution in [0.15, 0.2) is 53.0 Å². The first-order valence-corrected chi connectivity index (χ1v) is 7.20. The van der Waals surface area contributed by atoms with Crippen molar-refractivity contribution in [1.82, 2.24) is 0 Å². The molecule has 0 radical (unpaired) electrons. The Bertz CT molecular complexity index is 513. The smallest absolute Gasteiger partial charge is 0.0830 e. The summed E-state index contributed by atoms with van der Waals surface area (Å²) in [4.78, 5) is 0. The average molecular weight is 403 g/mol. The second kappa shape index (κ2) is 5.98. The fraction of sp³-hybridized carbons (Fsp3) is 0.143. The Balaban J connectivity index is 2.14. The highest BCUT2D eigenvalue weighted by atomic mass is 127. The Labute approximate surface area is 123 Å². The minimum atomic E-state index is -0.445. The van der Waals surface area contributed by atoms with Gasteiger partial charge in [-0.3, -0.25) is 0 Å². The molecule has 2 aromatic carbocycles. The first kappa shape index (κ1) is 13.1. The van der Waals surface area contributed by atoms with Crippen LogP contribution in [0.5, 0.6) is 0 Å². The molecule has 0 amide bonds. The molecule has 0 aliphatic heterocycles. The van der Waals surface area contributed by atoms with Gasteiger partial charge in [-0.2, -0.15) is 0 Å². The summed E-state index contributed by atoms with van der Waals surface area (Å²) in [5.74, 6) is 0. The van der Waals surface area contributed by atoms with Gasteiger partial charge in [0.05, 0.1) is 6.10 Å². The Kier molecular flexibility index (Phi) is 4.59. The molecule has 17 heavy (non-hydrogen) atoms. The number of benzene rings is 2. The molecule has 1 N–H and O–H groups in total. The lowest BCUT2D eigenvalue weighted by Gasteiger charge is -2.11.